The summed E-state index contributed by atoms with van der Waals surface area (Å²) < 4.78 is 5.53. The van der Waals surface area contributed by atoms with Crippen LogP contribution in [0.15, 0.2) is 18.2 Å². The standard InChI is InChI=1S/C10H12N2O/c1-6-4-8-5-7(10(11)12)2-3-9(8)13-6/h2-3,5-6H,4H2,1H3,(H3,11,12). The zero-order valence-corrected chi connectivity index (χ0v) is 7.50. The molecular weight excluding hydrogens is 164 g/mol. The molecule has 0 saturated carbocycles. The van der Waals surface area contributed by atoms with E-state index in [0.717, 1.165) is 23.3 Å². The summed E-state index contributed by atoms with van der Waals surface area (Å²) in [7, 11) is 0. The van der Waals surface area contributed by atoms with E-state index in [1.807, 2.05) is 25.1 Å². The molecule has 3 heteroatoms. The van der Waals surface area contributed by atoms with E-state index >= 15 is 0 Å². The van der Waals surface area contributed by atoms with Crippen molar-refractivity contribution in [3.63, 3.8) is 0 Å². The van der Waals surface area contributed by atoms with E-state index in [-0.39, 0.29) is 11.9 Å². The third-order valence-electron chi connectivity index (χ3n) is 2.21. The first-order valence-electron chi connectivity index (χ1n) is 4.31. The van der Waals surface area contributed by atoms with Crippen molar-refractivity contribution in [3.05, 3.63) is 29.3 Å². The zero-order chi connectivity index (χ0) is 9.42. The molecule has 1 heterocycles. The van der Waals surface area contributed by atoms with Gasteiger partial charge in [-0.05, 0) is 30.7 Å². The van der Waals surface area contributed by atoms with Gasteiger partial charge in [-0.25, -0.2) is 0 Å². The fraction of sp³-hybridized carbons (Fsp3) is 0.300. The lowest BCUT2D eigenvalue weighted by Crippen LogP contribution is -2.10. The average molecular weight is 176 g/mol. The van der Waals surface area contributed by atoms with Gasteiger partial charge < -0.3 is 10.5 Å². The lowest BCUT2D eigenvalue weighted by molar-refractivity contribution is 0.254. The maximum absolute atomic E-state index is 7.29. The van der Waals surface area contributed by atoms with Gasteiger partial charge in [-0.15, -0.1) is 0 Å². The van der Waals surface area contributed by atoms with E-state index in [2.05, 4.69) is 0 Å². The van der Waals surface area contributed by atoms with Crippen molar-refractivity contribution < 1.29 is 4.74 Å². The van der Waals surface area contributed by atoms with Crippen LogP contribution in [0.2, 0.25) is 0 Å². The Morgan fingerprint density at radius 3 is 3.08 bits per heavy atom. The molecule has 13 heavy (non-hydrogen) atoms. The van der Waals surface area contributed by atoms with Crippen LogP contribution in [0.25, 0.3) is 0 Å². The number of hydrogen-bond donors (Lipinski definition) is 2. The molecule has 1 aliphatic rings. The van der Waals surface area contributed by atoms with Crippen molar-refractivity contribution in [2.45, 2.75) is 19.4 Å². The highest BCUT2D eigenvalue weighted by Crippen LogP contribution is 2.29. The van der Waals surface area contributed by atoms with Crippen LogP contribution >= 0.6 is 0 Å². The van der Waals surface area contributed by atoms with Gasteiger partial charge in [0, 0.05) is 12.0 Å². The number of nitrogen functional groups attached to an aromatic ring is 1. The van der Waals surface area contributed by atoms with Gasteiger partial charge >= 0.3 is 0 Å². The highest BCUT2D eigenvalue weighted by Gasteiger charge is 2.18. The van der Waals surface area contributed by atoms with Crippen LogP contribution in [0.1, 0.15) is 18.1 Å². The molecule has 2 rings (SSSR count). The summed E-state index contributed by atoms with van der Waals surface area (Å²) in [6.07, 6.45) is 1.16. The maximum atomic E-state index is 7.29. The van der Waals surface area contributed by atoms with Gasteiger partial charge in [0.25, 0.3) is 0 Å². The van der Waals surface area contributed by atoms with Crippen molar-refractivity contribution in [1.29, 1.82) is 5.41 Å². The highest BCUT2D eigenvalue weighted by molar-refractivity contribution is 5.95. The predicted octanol–water partition coefficient (Wildman–Crippen LogP) is 1.29. The third kappa shape index (κ3) is 1.37. The van der Waals surface area contributed by atoms with Crippen LogP contribution < -0.4 is 10.5 Å². The molecule has 0 fully saturated rings. The van der Waals surface area contributed by atoms with Crippen molar-refractivity contribution in [1.82, 2.24) is 0 Å². The minimum atomic E-state index is 0.113. The first kappa shape index (κ1) is 8.10. The summed E-state index contributed by atoms with van der Waals surface area (Å²) >= 11 is 0. The fourth-order valence-electron chi connectivity index (χ4n) is 1.59. The maximum Gasteiger partial charge on any atom is 0.123 e. The normalized spacial score (nSPS) is 19.3. The van der Waals surface area contributed by atoms with Gasteiger partial charge in [0.1, 0.15) is 17.7 Å². The number of fused-ring (bicyclic) bond motifs is 1. The van der Waals surface area contributed by atoms with E-state index in [1.165, 1.54) is 0 Å². The van der Waals surface area contributed by atoms with Gasteiger partial charge in [0.2, 0.25) is 0 Å². The number of benzene rings is 1. The monoisotopic (exact) mass is 176 g/mol. The Bertz CT molecular complexity index is 360. The van der Waals surface area contributed by atoms with Gasteiger partial charge in [-0.2, -0.15) is 0 Å². The molecular formula is C10H12N2O. The predicted molar refractivity (Wildman–Crippen MR) is 51.3 cm³/mol. The van der Waals surface area contributed by atoms with E-state index < -0.39 is 0 Å². The smallest absolute Gasteiger partial charge is 0.123 e. The second-order valence-corrected chi connectivity index (χ2v) is 3.37. The fourth-order valence-corrected chi connectivity index (χ4v) is 1.59. The molecule has 3 nitrogen and oxygen atoms in total. The second kappa shape index (κ2) is 2.76. The van der Waals surface area contributed by atoms with E-state index in [4.69, 9.17) is 15.9 Å². The first-order chi connectivity index (χ1) is 6.16. The largest absolute Gasteiger partial charge is 0.490 e. The molecule has 1 aromatic rings. The summed E-state index contributed by atoms with van der Waals surface area (Å²) in [5.74, 6) is 1.04. The average Bonchev–Trinajstić information content (AvgIpc) is 2.42. The van der Waals surface area contributed by atoms with Crippen molar-refractivity contribution in [2.24, 2.45) is 5.73 Å². The number of nitrogens with one attached hydrogen (secondary N) is 1. The summed E-state index contributed by atoms with van der Waals surface area (Å²) in [5.41, 5.74) is 7.31. The molecule has 1 aliphatic heterocycles. The molecule has 0 aliphatic carbocycles. The number of amidine groups is 1. The number of hydrogen-bond acceptors (Lipinski definition) is 2. The Labute approximate surface area is 77.0 Å². The Kier molecular flexibility index (Phi) is 1.72. The SMILES string of the molecule is CC1Cc2cc(C(=N)N)ccc2O1. The second-order valence-electron chi connectivity index (χ2n) is 3.37. The zero-order valence-electron chi connectivity index (χ0n) is 7.50. The van der Waals surface area contributed by atoms with Crippen molar-refractivity contribution in [3.8, 4) is 5.75 Å². The molecule has 3 N–H and O–H groups in total. The van der Waals surface area contributed by atoms with Crippen LogP contribution in [0, 0.1) is 5.41 Å². The molecule has 1 aromatic carbocycles. The van der Waals surface area contributed by atoms with Crippen molar-refractivity contribution in [2.75, 3.05) is 0 Å². The van der Waals surface area contributed by atoms with E-state index in [9.17, 15) is 0 Å². The number of ether oxygens (including phenoxy) is 1. The summed E-state index contributed by atoms with van der Waals surface area (Å²) in [5, 5.41) is 7.29. The van der Waals surface area contributed by atoms with Crippen LogP contribution in [0.4, 0.5) is 0 Å². The first-order valence-corrected chi connectivity index (χ1v) is 4.31. The van der Waals surface area contributed by atoms with E-state index in [1.54, 1.807) is 0 Å². The Morgan fingerprint density at radius 2 is 2.38 bits per heavy atom. The van der Waals surface area contributed by atoms with Crippen LogP contribution in [-0.2, 0) is 6.42 Å². The molecule has 68 valence electrons. The molecule has 0 spiro atoms. The van der Waals surface area contributed by atoms with Gasteiger partial charge in [-0.3, -0.25) is 5.41 Å². The summed E-state index contributed by atoms with van der Waals surface area (Å²) in [6.45, 7) is 2.04. The molecule has 1 atom stereocenters. The van der Waals surface area contributed by atoms with Gasteiger partial charge in [-0.1, -0.05) is 0 Å². The third-order valence-corrected chi connectivity index (χ3v) is 2.21. The highest BCUT2D eigenvalue weighted by atomic mass is 16.5. The Morgan fingerprint density at radius 1 is 1.62 bits per heavy atom. The quantitative estimate of drug-likeness (QED) is 0.500. The Balaban J connectivity index is 2.40. The minimum Gasteiger partial charge on any atom is -0.490 e. The van der Waals surface area contributed by atoms with Crippen molar-refractivity contribution >= 4 is 5.84 Å². The number of nitrogens with two attached hydrogens (primary N) is 1. The van der Waals surface area contributed by atoms with E-state index in [0.29, 0.717) is 0 Å². The lowest BCUT2D eigenvalue weighted by Gasteiger charge is -2.02. The van der Waals surface area contributed by atoms with Gasteiger partial charge in [0.05, 0.1) is 0 Å². The molecule has 0 radical (unpaired) electrons. The Hall–Kier alpha value is -1.51. The molecule has 0 amide bonds. The summed E-state index contributed by atoms with van der Waals surface area (Å²) in [4.78, 5) is 0. The molecule has 0 aromatic heterocycles. The minimum absolute atomic E-state index is 0.113. The molecule has 1 unspecified atom stereocenters. The van der Waals surface area contributed by atoms with Gasteiger partial charge in [0.15, 0.2) is 0 Å². The molecule has 0 bridgehead atoms. The topological polar surface area (TPSA) is 59.1 Å². The lowest BCUT2D eigenvalue weighted by atomic mass is 10.1. The van der Waals surface area contributed by atoms with Crippen LogP contribution in [0.3, 0.4) is 0 Å². The number of rotatable bonds is 1. The molecule has 0 saturated heterocycles. The van der Waals surface area contributed by atoms with Crippen LogP contribution in [0.5, 0.6) is 5.75 Å². The summed E-state index contributed by atoms with van der Waals surface area (Å²) in [6, 6.07) is 5.63. The van der Waals surface area contributed by atoms with Crippen LogP contribution in [-0.4, -0.2) is 11.9 Å².